The van der Waals surface area contributed by atoms with Crippen molar-refractivity contribution in [2.24, 2.45) is 5.92 Å². The van der Waals surface area contributed by atoms with Crippen LogP contribution in [0.4, 0.5) is 0 Å². The van der Waals surface area contributed by atoms with Gasteiger partial charge in [-0.05, 0) is 55.0 Å². The maximum absolute atomic E-state index is 11.9. The summed E-state index contributed by atoms with van der Waals surface area (Å²) in [5.41, 5.74) is 1.80. The minimum Gasteiger partial charge on any atom is -0.504 e. The summed E-state index contributed by atoms with van der Waals surface area (Å²) in [6, 6.07) is 6.49. The van der Waals surface area contributed by atoms with E-state index in [4.69, 9.17) is 9.47 Å². The number of carboxylic acid groups (broad SMARTS) is 1. The van der Waals surface area contributed by atoms with Crippen LogP contribution < -0.4 is 9.47 Å². The molecular formula is C21H26O6. The van der Waals surface area contributed by atoms with Crippen LogP contribution in [0.25, 0.3) is 0 Å². The van der Waals surface area contributed by atoms with Crippen LogP contribution in [0.15, 0.2) is 24.3 Å². The average Bonchev–Trinajstić information content (AvgIpc) is 2.61. The highest BCUT2D eigenvalue weighted by atomic mass is 16.5. The molecule has 0 atom stereocenters. The average molecular weight is 374 g/mol. The second-order valence-electron chi connectivity index (χ2n) is 6.90. The molecule has 146 valence electrons. The van der Waals surface area contributed by atoms with E-state index in [0.717, 1.165) is 17.5 Å². The second kappa shape index (κ2) is 8.77. The molecule has 2 aromatic rings. The first-order valence-electron chi connectivity index (χ1n) is 8.82. The van der Waals surface area contributed by atoms with Crippen LogP contribution in [0.1, 0.15) is 47.3 Å². The van der Waals surface area contributed by atoms with Crippen LogP contribution in [-0.4, -0.2) is 28.4 Å². The number of phenols is 1. The van der Waals surface area contributed by atoms with E-state index in [9.17, 15) is 20.1 Å². The van der Waals surface area contributed by atoms with Crippen molar-refractivity contribution in [1.29, 1.82) is 0 Å². The third-order valence-corrected chi connectivity index (χ3v) is 4.28. The molecule has 0 aliphatic carbocycles. The number of hydrogen-bond acceptors (Lipinski definition) is 5. The molecule has 0 aliphatic heterocycles. The largest absolute Gasteiger partial charge is 0.504 e. The van der Waals surface area contributed by atoms with Gasteiger partial charge in [0.15, 0.2) is 11.5 Å². The normalized spacial score (nSPS) is 10.9. The number of aliphatic hydroxyl groups excluding tert-OH is 1. The summed E-state index contributed by atoms with van der Waals surface area (Å²) in [4.78, 5) is 11.9. The molecule has 2 rings (SSSR count). The van der Waals surface area contributed by atoms with E-state index in [0.29, 0.717) is 17.9 Å². The summed E-state index contributed by atoms with van der Waals surface area (Å²) < 4.78 is 11.1. The second-order valence-corrected chi connectivity index (χ2v) is 6.90. The van der Waals surface area contributed by atoms with Crippen molar-refractivity contribution in [2.75, 3.05) is 7.11 Å². The maximum Gasteiger partial charge on any atom is 0.343 e. The first kappa shape index (κ1) is 20.6. The summed E-state index contributed by atoms with van der Waals surface area (Å²) in [5, 5.41) is 29.5. The fourth-order valence-corrected chi connectivity index (χ4v) is 2.94. The van der Waals surface area contributed by atoms with Gasteiger partial charge in [0.05, 0.1) is 13.7 Å². The Balaban J connectivity index is 2.53. The van der Waals surface area contributed by atoms with Crippen molar-refractivity contribution in [3.63, 3.8) is 0 Å². The van der Waals surface area contributed by atoms with E-state index in [1.807, 2.05) is 0 Å². The van der Waals surface area contributed by atoms with Crippen LogP contribution in [-0.2, 0) is 13.0 Å². The number of hydrogen-bond donors (Lipinski definition) is 3. The number of rotatable bonds is 8. The van der Waals surface area contributed by atoms with Gasteiger partial charge in [-0.2, -0.15) is 0 Å². The molecule has 27 heavy (non-hydrogen) atoms. The maximum atomic E-state index is 11.9. The quantitative estimate of drug-likeness (QED) is 0.638. The van der Waals surface area contributed by atoms with Gasteiger partial charge >= 0.3 is 5.97 Å². The van der Waals surface area contributed by atoms with Gasteiger partial charge in [0.2, 0.25) is 0 Å². The third kappa shape index (κ3) is 4.71. The van der Waals surface area contributed by atoms with Crippen LogP contribution in [0.5, 0.6) is 23.0 Å². The Morgan fingerprint density at radius 1 is 1.15 bits per heavy atom. The minimum atomic E-state index is -1.19. The lowest BCUT2D eigenvalue weighted by Crippen LogP contribution is -2.07. The van der Waals surface area contributed by atoms with E-state index in [1.165, 1.54) is 13.2 Å². The summed E-state index contributed by atoms with van der Waals surface area (Å²) in [6.45, 7) is 5.62. The Hall–Kier alpha value is -2.73. The fourth-order valence-electron chi connectivity index (χ4n) is 2.94. The van der Waals surface area contributed by atoms with Crippen molar-refractivity contribution in [2.45, 2.75) is 40.2 Å². The number of carboxylic acids is 1. The lowest BCUT2D eigenvalue weighted by Gasteiger charge is -2.18. The molecule has 2 aromatic carbocycles. The number of aliphatic hydroxyl groups is 1. The molecule has 0 aliphatic rings. The molecule has 0 spiro atoms. The van der Waals surface area contributed by atoms with Crippen LogP contribution in [0, 0.1) is 12.8 Å². The Morgan fingerprint density at radius 2 is 1.85 bits per heavy atom. The number of ether oxygens (including phenoxy) is 2. The van der Waals surface area contributed by atoms with E-state index < -0.39 is 5.97 Å². The highest BCUT2D eigenvalue weighted by molar-refractivity contribution is 5.95. The summed E-state index contributed by atoms with van der Waals surface area (Å²) in [5.74, 6) is -0.568. The van der Waals surface area contributed by atoms with Gasteiger partial charge in [-0.15, -0.1) is 0 Å². The Morgan fingerprint density at radius 3 is 2.41 bits per heavy atom. The van der Waals surface area contributed by atoms with E-state index in [1.54, 1.807) is 25.1 Å². The topological polar surface area (TPSA) is 96.2 Å². The van der Waals surface area contributed by atoms with Crippen LogP contribution >= 0.6 is 0 Å². The van der Waals surface area contributed by atoms with Gasteiger partial charge in [-0.25, -0.2) is 4.79 Å². The lowest BCUT2D eigenvalue weighted by atomic mass is 9.99. The molecule has 0 aromatic heterocycles. The number of aryl methyl sites for hydroxylation is 2. The minimum absolute atomic E-state index is 0.0302. The van der Waals surface area contributed by atoms with Crippen molar-refractivity contribution in [3.8, 4) is 23.0 Å². The molecule has 0 radical (unpaired) electrons. The molecular weight excluding hydrogens is 348 g/mol. The monoisotopic (exact) mass is 374 g/mol. The molecule has 0 bridgehead atoms. The number of aromatic carboxylic acids is 1. The van der Waals surface area contributed by atoms with Gasteiger partial charge in [-0.1, -0.05) is 19.9 Å². The molecule has 0 heterocycles. The Labute approximate surface area is 159 Å². The van der Waals surface area contributed by atoms with Crippen molar-refractivity contribution >= 4 is 5.97 Å². The van der Waals surface area contributed by atoms with E-state index >= 15 is 0 Å². The smallest absolute Gasteiger partial charge is 0.343 e. The first-order valence-corrected chi connectivity index (χ1v) is 8.82. The van der Waals surface area contributed by atoms with Gasteiger partial charge in [0, 0.05) is 5.56 Å². The standard InChI is InChI=1S/C21H26O6/c1-12(2)5-6-14-7-8-17(18(21(24)25)20(14)26-4)27-19-15(11-22)9-13(3)10-16(19)23/h7-10,12,22-23H,5-6,11H2,1-4H3,(H,24,25). The lowest BCUT2D eigenvalue weighted by molar-refractivity contribution is 0.0690. The number of benzene rings is 2. The molecule has 3 N–H and O–H groups in total. The SMILES string of the molecule is COc1c(CCC(C)C)ccc(Oc2c(O)cc(C)cc2CO)c1C(=O)O. The summed E-state index contributed by atoms with van der Waals surface area (Å²) in [7, 11) is 1.42. The van der Waals surface area contributed by atoms with Crippen molar-refractivity contribution in [3.05, 3.63) is 46.5 Å². The van der Waals surface area contributed by atoms with E-state index in [2.05, 4.69) is 13.8 Å². The molecule has 6 heteroatoms. The highest BCUT2D eigenvalue weighted by Gasteiger charge is 2.23. The number of carbonyl (C=O) groups is 1. The molecule has 0 amide bonds. The molecule has 6 nitrogen and oxygen atoms in total. The molecule has 0 saturated carbocycles. The predicted octanol–water partition coefficient (Wildman–Crippen LogP) is 4.28. The molecule has 0 saturated heterocycles. The number of methoxy groups -OCH3 is 1. The van der Waals surface area contributed by atoms with Gasteiger partial charge in [0.25, 0.3) is 0 Å². The van der Waals surface area contributed by atoms with Gasteiger partial charge in [0.1, 0.15) is 17.1 Å². The molecule has 0 unspecified atom stereocenters. The van der Waals surface area contributed by atoms with Crippen LogP contribution in [0.2, 0.25) is 0 Å². The zero-order valence-corrected chi connectivity index (χ0v) is 16.1. The summed E-state index contributed by atoms with van der Waals surface area (Å²) in [6.07, 6.45) is 1.57. The Bertz CT molecular complexity index is 826. The van der Waals surface area contributed by atoms with Crippen molar-refractivity contribution < 1.29 is 29.6 Å². The van der Waals surface area contributed by atoms with Crippen LogP contribution in [0.3, 0.4) is 0 Å². The zero-order valence-electron chi connectivity index (χ0n) is 16.1. The number of phenolic OH excluding ortho intramolecular Hbond substituents is 1. The fraction of sp³-hybridized carbons (Fsp3) is 0.381. The number of aromatic hydroxyl groups is 1. The van der Waals surface area contributed by atoms with E-state index in [-0.39, 0.29) is 35.2 Å². The van der Waals surface area contributed by atoms with Gasteiger partial charge in [-0.3, -0.25) is 0 Å². The first-order chi connectivity index (χ1) is 12.8. The highest BCUT2D eigenvalue weighted by Crippen LogP contribution is 2.40. The molecule has 0 fully saturated rings. The van der Waals surface area contributed by atoms with Gasteiger partial charge < -0.3 is 24.8 Å². The van der Waals surface area contributed by atoms with Crippen molar-refractivity contribution in [1.82, 2.24) is 0 Å². The summed E-state index contributed by atoms with van der Waals surface area (Å²) >= 11 is 0. The Kier molecular flexibility index (Phi) is 6.69. The zero-order chi connectivity index (χ0) is 20.1. The predicted molar refractivity (Wildman–Crippen MR) is 102 cm³/mol. The third-order valence-electron chi connectivity index (χ3n) is 4.28.